The molecule has 0 aliphatic carbocycles. The molecule has 0 aromatic heterocycles. The number of piperidine rings is 1. The molecule has 19 heavy (non-hydrogen) atoms. The predicted octanol–water partition coefficient (Wildman–Crippen LogP) is 2.41. The first-order valence-corrected chi connectivity index (χ1v) is 7.54. The molecule has 1 aliphatic rings. The van der Waals surface area contributed by atoms with Crippen LogP contribution in [0.2, 0.25) is 0 Å². The molecule has 1 rings (SSSR count). The maximum atomic E-state index is 11.9. The Morgan fingerprint density at radius 3 is 2.58 bits per heavy atom. The number of ether oxygens (including phenoxy) is 1. The molecule has 1 aliphatic heterocycles. The number of carbonyl (C=O) groups excluding carboxylic acids is 2. The summed E-state index contributed by atoms with van der Waals surface area (Å²) in [6.07, 6.45) is 5.72. The van der Waals surface area contributed by atoms with Gasteiger partial charge in [0.15, 0.2) is 0 Å². The molecule has 0 radical (unpaired) electrons. The monoisotopic (exact) mass is 269 g/mol. The Balaban J connectivity index is 2.17. The zero-order chi connectivity index (χ0) is 14.1. The molecule has 1 heterocycles. The summed E-state index contributed by atoms with van der Waals surface area (Å²) in [5.41, 5.74) is 0. The topological polar surface area (TPSA) is 46.6 Å². The lowest BCUT2D eigenvalue weighted by Crippen LogP contribution is -2.40. The molecule has 1 amide bonds. The van der Waals surface area contributed by atoms with Gasteiger partial charge in [-0.25, -0.2) is 0 Å². The van der Waals surface area contributed by atoms with Gasteiger partial charge in [-0.15, -0.1) is 0 Å². The first-order valence-electron chi connectivity index (χ1n) is 7.54. The van der Waals surface area contributed by atoms with E-state index in [0.29, 0.717) is 38.5 Å². The van der Waals surface area contributed by atoms with Crippen LogP contribution in [0.4, 0.5) is 0 Å². The molecular weight excluding hydrogens is 242 g/mol. The molecule has 4 nitrogen and oxygen atoms in total. The highest BCUT2D eigenvalue weighted by Crippen LogP contribution is 2.13. The van der Waals surface area contributed by atoms with Crippen molar-refractivity contribution in [3.05, 3.63) is 0 Å². The minimum Gasteiger partial charge on any atom is -0.371 e. The van der Waals surface area contributed by atoms with E-state index in [2.05, 4.69) is 13.8 Å². The largest absolute Gasteiger partial charge is 0.371 e. The minimum absolute atomic E-state index is 0.0258. The van der Waals surface area contributed by atoms with E-state index in [1.54, 1.807) is 4.90 Å². The van der Waals surface area contributed by atoms with Crippen LogP contribution in [-0.2, 0) is 14.3 Å². The molecule has 0 bridgehead atoms. The van der Waals surface area contributed by atoms with Gasteiger partial charge in [-0.05, 0) is 12.3 Å². The van der Waals surface area contributed by atoms with Gasteiger partial charge in [0.1, 0.15) is 12.4 Å². The maximum Gasteiger partial charge on any atom is 0.248 e. The molecular formula is C15H27NO3. The summed E-state index contributed by atoms with van der Waals surface area (Å²) in [4.78, 5) is 24.7. The third-order valence-electron chi connectivity index (χ3n) is 3.80. The van der Waals surface area contributed by atoms with Gasteiger partial charge in [-0.3, -0.25) is 9.59 Å². The Hall–Kier alpha value is -0.900. The van der Waals surface area contributed by atoms with E-state index in [1.807, 2.05) is 0 Å². The van der Waals surface area contributed by atoms with Crippen molar-refractivity contribution in [2.24, 2.45) is 5.92 Å². The Kier molecular flexibility index (Phi) is 7.72. The van der Waals surface area contributed by atoms with Crippen LogP contribution in [0, 0.1) is 5.92 Å². The van der Waals surface area contributed by atoms with Crippen LogP contribution in [0.15, 0.2) is 0 Å². The SMILES string of the molecule is CCCCC(CC)COCC(=O)N1CCC(=O)CC1. The highest BCUT2D eigenvalue weighted by Gasteiger charge is 2.20. The third kappa shape index (κ3) is 6.19. The van der Waals surface area contributed by atoms with Gasteiger partial charge in [0.05, 0.1) is 6.61 Å². The van der Waals surface area contributed by atoms with Crippen molar-refractivity contribution in [1.29, 1.82) is 0 Å². The van der Waals surface area contributed by atoms with Crippen LogP contribution >= 0.6 is 0 Å². The lowest BCUT2D eigenvalue weighted by molar-refractivity contribution is -0.139. The lowest BCUT2D eigenvalue weighted by atomic mass is 10.0. The van der Waals surface area contributed by atoms with Crippen molar-refractivity contribution >= 4 is 11.7 Å². The summed E-state index contributed by atoms with van der Waals surface area (Å²) in [6, 6.07) is 0. The fourth-order valence-electron chi connectivity index (χ4n) is 2.31. The zero-order valence-corrected chi connectivity index (χ0v) is 12.3. The lowest BCUT2D eigenvalue weighted by Gasteiger charge is -2.26. The second kappa shape index (κ2) is 9.08. The standard InChI is InChI=1S/C15H27NO3/c1-3-5-6-13(4-2)11-19-12-15(18)16-9-7-14(17)8-10-16/h13H,3-12H2,1-2H3. The smallest absolute Gasteiger partial charge is 0.248 e. The molecule has 0 N–H and O–H groups in total. The number of nitrogens with zero attached hydrogens (tertiary/aromatic N) is 1. The van der Waals surface area contributed by atoms with Crippen molar-refractivity contribution in [3.8, 4) is 0 Å². The summed E-state index contributed by atoms with van der Waals surface area (Å²) in [7, 11) is 0. The number of amides is 1. The quantitative estimate of drug-likeness (QED) is 0.680. The van der Waals surface area contributed by atoms with Crippen LogP contribution in [-0.4, -0.2) is 42.9 Å². The molecule has 1 atom stereocenters. The maximum absolute atomic E-state index is 11.9. The number of rotatable bonds is 8. The summed E-state index contributed by atoms with van der Waals surface area (Å²) in [5, 5.41) is 0. The molecule has 1 unspecified atom stereocenters. The number of carbonyl (C=O) groups is 2. The highest BCUT2D eigenvalue weighted by molar-refractivity contribution is 5.83. The fraction of sp³-hybridized carbons (Fsp3) is 0.867. The summed E-state index contributed by atoms with van der Waals surface area (Å²) >= 11 is 0. The Morgan fingerprint density at radius 1 is 1.32 bits per heavy atom. The summed E-state index contributed by atoms with van der Waals surface area (Å²) < 4.78 is 5.55. The molecule has 0 aromatic carbocycles. The van der Waals surface area contributed by atoms with Crippen molar-refractivity contribution in [2.75, 3.05) is 26.3 Å². The summed E-state index contributed by atoms with van der Waals surface area (Å²) in [6.45, 7) is 6.32. The second-order valence-electron chi connectivity index (χ2n) is 5.35. The highest BCUT2D eigenvalue weighted by atomic mass is 16.5. The van der Waals surface area contributed by atoms with Gasteiger partial charge in [0.25, 0.3) is 0 Å². The van der Waals surface area contributed by atoms with Gasteiger partial charge in [-0.2, -0.15) is 0 Å². The summed E-state index contributed by atoms with van der Waals surface area (Å²) in [5.74, 6) is 0.851. The molecule has 4 heteroatoms. The van der Waals surface area contributed by atoms with Gasteiger partial charge < -0.3 is 9.64 Å². The van der Waals surface area contributed by atoms with Crippen LogP contribution < -0.4 is 0 Å². The molecule has 0 aromatic rings. The number of Topliss-reactive ketones (excluding diaryl/α,β-unsaturated/α-hetero) is 1. The van der Waals surface area contributed by atoms with E-state index in [0.717, 1.165) is 6.42 Å². The number of hydrogen-bond acceptors (Lipinski definition) is 3. The average Bonchev–Trinajstić information content (AvgIpc) is 2.43. The van der Waals surface area contributed by atoms with Crippen LogP contribution in [0.3, 0.4) is 0 Å². The zero-order valence-electron chi connectivity index (χ0n) is 12.3. The van der Waals surface area contributed by atoms with Crippen molar-refractivity contribution in [2.45, 2.75) is 52.4 Å². The van der Waals surface area contributed by atoms with E-state index in [1.165, 1.54) is 19.3 Å². The first-order chi connectivity index (χ1) is 9.17. The Morgan fingerprint density at radius 2 is 2.00 bits per heavy atom. The van der Waals surface area contributed by atoms with Gasteiger partial charge >= 0.3 is 0 Å². The molecule has 1 saturated heterocycles. The van der Waals surface area contributed by atoms with Gasteiger partial charge in [0.2, 0.25) is 5.91 Å². The fourth-order valence-corrected chi connectivity index (χ4v) is 2.31. The van der Waals surface area contributed by atoms with Gasteiger partial charge in [0, 0.05) is 25.9 Å². The van der Waals surface area contributed by atoms with Crippen molar-refractivity contribution < 1.29 is 14.3 Å². The number of ketones is 1. The molecule has 110 valence electrons. The van der Waals surface area contributed by atoms with E-state index < -0.39 is 0 Å². The predicted molar refractivity (Wildman–Crippen MR) is 74.9 cm³/mol. The van der Waals surface area contributed by atoms with Gasteiger partial charge in [-0.1, -0.05) is 33.1 Å². The number of hydrogen-bond donors (Lipinski definition) is 0. The number of likely N-dealkylation sites (tertiary alicyclic amines) is 1. The van der Waals surface area contributed by atoms with E-state index >= 15 is 0 Å². The minimum atomic E-state index is 0.0258. The first kappa shape index (κ1) is 16.2. The third-order valence-corrected chi connectivity index (χ3v) is 3.80. The second-order valence-corrected chi connectivity index (χ2v) is 5.35. The Bertz CT molecular complexity index is 281. The number of unbranched alkanes of at least 4 members (excludes halogenated alkanes) is 1. The van der Waals surface area contributed by atoms with E-state index in [-0.39, 0.29) is 18.3 Å². The van der Waals surface area contributed by atoms with Crippen molar-refractivity contribution in [1.82, 2.24) is 4.90 Å². The van der Waals surface area contributed by atoms with Crippen LogP contribution in [0.5, 0.6) is 0 Å². The van der Waals surface area contributed by atoms with E-state index in [9.17, 15) is 9.59 Å². The van der Waals surface area contributed by atoms with Crippen LogP contribution in [0.1, 0.15) is 52.4 Å². The van der Waals surface area contributed by atoms with Crippen molar-refractivity contribution in [3.63, 3.8) is 0 Å². The molecule has 0 saturated carbocycles. The molecule has 0 spiro atoms. The average molecular weight is 269 g/mol. The molecule has 1 fully saturated rings. The van der Waals surface area contributed by atoms with Crippen LogP contribution in [0.25, 0.3) is 0 Å². The van der Waals surface area contributed by atoms with E-state index in [4.69, 9.17) is 4.74 Å². The Labute approximate surface area is 116 Å². The normalized spacial score (nSPS) is 17.6.